The summed E-state index contributed by atoms with van der Waals surface area (Å²) in [7, 11) is 0. The molecule has 1 amide bonds. The molecule has 1 aliphatic carbocycles. The van der Waals surface area contributed by atoms with Gasteiger partial charge in [-0.3, -0.25) is 9.69 Å². The maximum Gasteiger partial charge on any atom is 0.226 e. The Morgan fingerprint density at radius 1 is 0.958 bits per heavy atom. The van der Waals surface area contributed by atoms with Crippen LogP contribution in [0.15, 0.2) is 18.2 Å². The van der Waals surface area contributed by atoms with E-state index < -0.39 is 11.6 Å². The molecule has 2 bridgehead atoms. The third-order valence-electron chi connectivity index (χ3n) is 6.52. The number of hydrogen-bond donors (Lipinski definition) is 0. The Labute approximate surface area is 140 Å². The van der Waals surface area contributed by atoms with Gasteiger partial charge in [0.2, 0.25) is 5.91 Å². The predicted octanol–water partition coefficient (Wildman–Crippen LogP) is 2.76. The average molecular weight is 332 g/mol. The van der Waals surface area contributed by atoms with Gasteiger partial charge in [-0.05, 0) is 62.4 Å². The van der Waals surface area contributed by atoms with Gasteiger partial charge in [-0.1, -0.05) is 0 Å². The number of piperidine rings is 3. The first-order chi connectivity index (χ1) is 11.6. The Bertz CT molecular complexity index is 662. The Morgan fingerprint density at radius 3 is 2.25 bits per heavy atom. The molecular formula is C19H22F2N2O. The monoisotopic (exact) mass is 332 g/mol. The summed E-state index contributed by atoms with van der Waals surface area (Å²) in [4.78, 5) is 17.3. The number of benzene rings is 1. The lowest BCUT2D eigenvalue weighted by Gasteiger charge is -2.51. The zero-order chi connectivity index (χ0) is 16.4. The normalized spacial score (nSPS) is 37.6. The Balaban J connectivity index is 1.54. The Hall–Kier alpha value is -1.49. The highest BCUT2D eigenvalue weighted by molar-refractivity contribution is 5.82. The summed E-state index contributed by atoms with van der Waals surface area (Å²) in [5, 5.41) is 0. The van der Waals surface area contributed by atoms with Crippen LogP contribution in [0.1, 0.15) is 37.2 Å². The third-order valence-corrected chi connectivity index (χ3v) is 6.52. The lowest BCUT2D eigenvalue weighted by molar-refractivity contribution is -0.137. The molecule has 6 rings (SSSR count). The molecule has 3 atom stereocenters. The molecule has 5 fully saturated rings. The molecule has 5 heteroatoms. The molecule has 0 aromatic heterocycles. The van der Waals surface area contributed by atoms with Crippen LogP contribution < -0.4 is 0 Å². The Kier molecular flexibility index (Phi) is 3.24. The zero-order valence-corrected chi connectivity index (χ0v) is 13.6. The van der Waals surface area contributed by atoms with E-state index in [-0.39, 0.29) is 29.8 Å². The number of amides is 1. The van der Waals surface area contributed by atoms with E-state index in [2.05, 4.69) is 9.80 Å². The Morgan fingerprint density at radius 2 is 1.62 bits per heavy atom. The van der Waals surface area contributed by atoms with Gasteiger partial charge in [0.05, 0.1) is 6.04 Å². The third kappa shape index (κ3) is 2.20. The van der Waals surface area contributed by atoms with Crippen molar-refractivity contribution in [3.8, 4) is 0 Å². The van der Waals surface area contributed by atoms with Gasteiger partial charge in [0, 0.05) is 30.5 Å². The van der Waals surface area contributed by atoms with Crippen molar-refractivity contribution in [1.82, 2.24) is 9.80 Å². The van der Waals surface area contributed by atoms with Gasteiger partial charge in [-0.15, -0.1) is 0 Å². The van der Waals surface area contributed by atoms with Crippen molar-refractivity contribution in [1.29, 1.82) is 0 Å². The molecule has 0 spiro atoms. The molecule has 0 N–H and O–H groups in total. The number of carbonyl (C=O) groups excluding carboxylic acids is 1. The number of carbonyl (C=O) groups is 1. The number of likely N-dealkylation sites (tertiary alicyclic amines) is 1. The van der Waals surface area contributed by atoms with Crippen molar-refractivity contribution in [2.75, 3.05) is 19.6 Å². The highest BCUT2D eigenvalue weighted by Gasteiger charge is 2.55. The van der Waals surface area contributed by atoms with Crippen molar-refractivity contribution < 1.29 is 13.6 Å². The van der Waals surface area contributed by atoms with E-state index in [0.29, 0.717) is 18.0 Å². The summed E-state index contributed by atoms with van der Waals surface area (Å²) in [5.41, 5.74) is 0.709. The smallest absolute Gasteiger partial charge is 0.226 e. The lowest BCUT2D eigenvalue weighted by atomic mass is 9.75. The fourth-order valence-corrected chi connectivity index (χ4v) is 5.32. The van der Waals surface area contributed by atoms with Crippen molar-refractivity contribution in [3.63, 3.8) is 0 Å². The topological polar surface area (TPSA) is 23.6 Å². The van der Waals surface area contributed by atoms with Gasteiger partial charge in [0.25, 0.3) is 0 Å². The SMILES string of the molecule is O=C(C1CC1)N1C[C@H](c2cc(F)cc(F)c2)[C@@H]2[C@H]1C1CCN2CC1. The van der Waals surface area contributed by atoms with Gasteiger partial charge in [0.15, 0.2) is 0 Å². The van der Waals surface area contributed by atoms with Gasteiger partial charge >= 0.3 is 0 Å². The fraction of sp³-hybridized carbons (Fsp3) is 0.632. The average Bonchev–Trinajstić information content (AvgIpc) is 3.33. The van der Waals surface area contributed by atoms with Gasteiger partial charge in [-0.2, -0.15) is 0 Å². The second kappa shape index (κ2) is 5.25. The molecule has 1 aromatic carbocycles. The maximum atomic E-state index is 13.8. The number of rotatable bonds is 2. The van der Waals surface area contributed by atoms with E-state index in [1.54, 1.807) is 0 Å². The number of hydrogen-bond acceptors (Lipinski definition) is 2. The molecule has 4 saturated heterocycles. The highest BCUT2D eigenvalue weighted by atomic mass is 19.1. The van der Waals surface area contributed by atoms with E-state index in [0.717, 1.165) is 44.8 Å². The van der Waals surface area contributed by atoms with Crippen LogP contribution in [0.25, 0.3) is 0 Å². The van der Waals surface area contributed by atoms with Crippen molar-refractivity contribution in [3.05, 3.63) is 35.4 Å². The largest absolute Gasteiger partial charge is 0.337 e. The van der Waals surface area contributed by atoms with Crippen LogP contribution in [0, 0.1) is 23.5 Å². The lowest BCUT2D eigenvalue weighted by Crippen LogP contribution is -2.60. The summed E-state index contributed by atoms with van der Waals surface area (Å²) >= 11 is 0. The van der Waals surface area contributed by atoms with Crippen LogP contribution in [0.2, 0.25) is 0 Å². The first kappa shape index (κ1) is 14.8. The number of fused-ring (bicyclic) bond motifs is 2. The van der Waals surface area contributed by atoms with Crippen LogP contribution in [0.3, 0.4) is 0 Å². The maximum absolute atomic E-state index is 13.8. The molecule has 0 unspecified atom stereocenters. The molecular weight excluding hydrogens is 310 g/mol. The molecule has 3 nitrogen and oxygen atoms in total. The van der Waals surface area contributed by atoms with E-state index in [9.17, 15) is 13.6 Å². The molecule has 128 valence electrons. The van der Waals surface area contributed by atoms with Crippen LogP contribution in [-0.2, 0) is 4.79 Å². The van der Waals surface area contributed by atoms with E-state index in [1.807, 2.05) is 0 Å². The summed E-state index contributed by atoms with van der Waals surface area (Å²) in [5.74, 6) is -0.00620. The summed E-state index contributed by atoms with van der Waals surface area (Å²) in [6, 6.07) is 4.30. The molecule has 0 radical (unpaired) electrons. The van der Waals surface area contributed by atoms with E-state index >= 15 is 0 Å². The van der Waals surface area contributed by atoms with E-state index in [1.165, 1.54) is 12.1 Å². The predicted molar refractivity (Wildman–Crippen MR) is 85.4 cm³/mol. The molecule has 4 heterocycles. The molecule has 24 heavy (non-hydrogen) atoms. The summed E-state index contributed by atoms with van der Waals surface area (Å²) < 4.78 is 27.5. The first-order valence-electron chi connectivity index (χ1n) is 9.12. The standard InChI is InChI=1S/C19H22F2N2O/c20-14-7-13(8-15(21)9-14)16-10-23(19(24)12-1-2-12)17-11-3-5-22(6-4-11)18(16)17/h7-9,11-12,16-18H,1-6,10H2/t16-,17-,18-/m1/s1. The highest BCUT2D eigenvalue weighted by Crippen LogP contribution is 2.48. The van der Waals surface area contributed by atoms with Gasteiger partial charge in [-0.25, -0.2) is 8.78 Å². The van der Waals surface area contributed by atoms with Gasteiger partial charge < -0.3 is 4.90 Å². The zero-order valence-electron chi connectivity index (χ0n) is 13.6. The second-order valence-electron chi connectivity index (χ2n) is 7.93. The van der Waals surface area contributed by atoms with Crippen LogP contribution in [-0.4, -0.2) is 47.4 Å². The van der Waals surface area contributed by atoms with Crippen LogP contribution in [0.4, 0.5) is 8.78 Å². The quantitative estimate of drug-likeness (QED) is 0.831. The molecule has 1 aromatic rings. The van der Waals surface area contributed by atoms with Crippen molar-refractivity contribution >= 4 is 5.91 Å². The van der Waals surface area contributed by atoms with E-state index in [4.69, 9.17) is 0 Å². The second-order valence-corrected chi connectivity index (χ2v) is 7.93. The minimum Gasteiger partial charge on any atom is -0.337 e. The summed E-state index contributed by atoms with van der Waals surface area (Å²) in [6.45, 7) is 2.71. The summed E-state index contributed by atoms with van der Waals surface area (Å²) in [6.07, 6.45) is 4.28. The van der Waals surface area contributed by atoms with Crippen molar-refractivity contribution in [2.45, 2.75) is 43.7 Å². The van der Waals surface area contributed by atoms with Crippen LogP contribution in [0.5, 0.6) is 0 Å². The van der Waals surface area contributed by atoms with Crippen molar-refractivity contribution in [2.24, 2.45) is 11.8 Å². The molecule has 4 aliphatic heterocycles. The molecule has 5 aliphatic rings. The minimum absolute atomic E-state index is 0.0194. The fourth-order valence-electron chi connectivity index (χ4n) is 5.32. The van der Waals surface area contributed by atoms with Gasteiger partial charge in [0.1, 0.15) is 11.6 Å². The first-order valence-corrected chi connectivity index (χ1v) is 9.12. The number of halogens is 2. The minimum atomic E-state index is -0.524. The molecule has 1 saturated carbocycles. The van der Waals surface area contributed by atoms with Crippen LogP contribution >= 0.6 is 0 Å². The number of nitrogens with zero attached hydrogens (tertiary/aromatic N) is 2.